The predicted octanol–water partition coefficient (Wildman–Crippen LogP) is 2.26. The molecule has 0 unspecified atom stereocenters. The molecule has 2 amide bonds. The molecule has 7 nitrogen and oxygen atoms in total. The second-order valence-corrected chi connectivity index (χ2v) is 8.31. The molecule has 0 aliphatic carbocycles. The maximum atomic E-state index is 12.8. The molecule has 2 atom stereocenters. The molecule has 3 aliphatic heterocycles. The average Bonchev–Trinajstić information content (AvgIpc) is 3.10. The van der Waals surface area contributed by atoms with Crippen molar-refractivity contribution < 1.29 is 14.3 Å². The van der Waals surface area contributed by atoms with Gasteiger partial charge in [0.25, 0.3) is 0 Å². The van der Waals surface area contributed by atoms with E-state index in [1.807, 2.05) is 16.8 Å². The van der Waals surface area contributed by atoms with E-state index >= 15 is 0 Å². The number of rotatable bonds is 6. The van der Waals surface area contributed by atoms with Crippen molar-refractivity contribution >= 4 is 36.8 Å². The lowest BCUT2D eigenvalue weighted by atomic mass is 9.91. The fourth-order valence-corrected chi connectivity index (χ4v) is 4.53. The van der Waals surface area contributed by atoms with Crippen LogP contribution in [-0.2, 0) is 9.53 Å². The lowest BCUT2D eigenvalue weighted by molar-refractivity contribution is -0.139. The van der Waals surface area contributed by atoms with Crippen molar-refractivity contribution in [3.63, 3.8) is 0 Å². The third-order valence-corrected chi connectivity index (χ3v) is 6.17. The minimum atomic E-state index is -0.392. The maximum absolute atomic E-state index is 12.8. The number of hydrogen-bond donors (Lipinski definition) is 1. The van der Waals surface area contributed by atoms with Crippen LogP contribution in [-0.4, -0.2) is 84.2 Å². The molecule has 0 radical (unpaired) electrons. The van der Waals surface area contributed by atoms with Gasteiger partial charge in [0.15, 0.2) is 0 Å². The molecule has 0 aromatic heterocycles. The fourth-order valence-electron chi connectivity index (χ4n) is 4.53. The molecule has 3 heterocycles. The highest BCUT2D eigenvalue weighted by atomic mass is 35.5. The molecule has 0 aromatic rings. The summed E-state index contributed by atoms with van der Waals surface area (Å²) in [6, 6.07) is -0.0117. The normalized spacial score (nSPS) is 26.8. The number of unbranched alkanes of at least 4 members (excludes halogenated alkanes) is 3. The predicted molar refractivity (Wildman–Crippen MR) is 114 cm³/mol. The number of nitrogens with zero attached hydrogens (tertiary/aromatic N) is 3. The number of hydrogen-bond acceptors (Lipinski definition) is 5. The maximum Gasteiger partial charge on any atom is 0.410 e. The molecule has 9 heteroatoms. The molecule has 3 saturated heterocycles. The first kappa shape index (κ1) is 25.3. The zero-order chi connectivity index (χ0) is 18.7. The van der Waals surface area contributed by atoms with Gasteiger partial charge in [-0.1, -0.05) is 26.2 Å². The Morgan fingerprint density at radius 2 is 1.89 bits per heavy atom. The van der Waals surface area contributed by atoms with E-state index in [4.69, 9.17) is 10.5 Å². The van der Waals surface area contributed by atoms with Crippen LogP contribution in [0.5, 0.6) is 0 Å². The third kappa shape index (κ3) is 5.65. The Bertz CT molecular complexity index is 529. The summed E-state index contributed by atoms with van der Waals surface area (Å²) in [5, 5.41) is 0. The van der Waals surface area contributed by atoms with E-state index in [0.717, 1.165) is 45.2 Å². The molecule has 2 N–H and O–H groups in total. The second-order valence-electron chi connectivity index (χ2n) is 8.31. The Morgan fingerprint density at radius 1 is 1.21 bits per heavy atom. The molecule has 164 valence electrons. The minimum absolute atomic E-state index is 0. The summed E-state index contributed by atoms with van der Waals surface area (Å²) >= 11 is 0. The summed E-state index contributed by atoms with van der Waals surface area (Å²) in [7, 11) is 1.97. The van der Waals surface area contributed by atoms with Crippen LogP contribution in [0, 0.1) is 0 Å². The topological polar surface area (TPSA) is 79.1 Å². The highest BCUT2D eigenvalue weighted by Crippen LogP contribution is 2.34. The highest BCUT2D eigenvalue weighted by molar-refractivity contribution is 5.85. The van der Waals surface area contributed by atoms with Crippen LogP contribution in [0.2, 0.25) is 0 Å². The van der Waals surface area contributed by atoms with Crippen molar-refractivity contribution in [2.45, 2.75) is 69.6 Å². The quantitative estimate of drug-likeness (QED) is 0.643. The number of piperidine rings is 1. The van der Waals surface area contributed by atoms with Gasteiger partial charge in [-0.05, 0) is 19.9 Å². The summed E-state index contributed by atoms with van der Waals surface area (Å²) in [6.45, 7) is 5.75. The molecule has 1 spiro atoms. The molecular weight excluding hydrogens is 403 g/mol. The van der Waals surface area contributed by atoms with E-state index < -0.39 is 5.60 Å². The van der Waals surface area contributed by atoms with Crippen LogP contribution >= 0.6 is 24.8 Å². The number of halogens is 2. The SMILES string of the molecule is CCCCCCN1CC2(CCN(C(=O)[C@@H]3C[C@H](N)CN3C)CC2)OC1=O.Cl.Cl. The van der Waals surface area contributed by atoms with Crippen LogP contribution in [0.3, 0.4) is 0 Å². The molecule has 3 aliphatic rings. The van der Waals surface area contributed by atoms with E-state index in [9.17, 15) is 9.59 Å². The van der Waals surface area contributed by atoms with E-state index in [1.54, 1.807) is 0 Å². The average molecular weight is 439 g/mol. The Kier molecular flexibility index (Phi) is 9.80. The third-order valence-electron chi connectivity index (χ3n) is 6.17. The highest BCUT2D eigenvalue weighted by Gasteiger charge is 2.48. The van der Waals surface area contributed by atoms with Gasteiger partial charge in [-0.15, -0.1) is 24.8 Å². The van der Waals surface area contributed by atoms with Crippen LogP contribution in [0.25, 0.3) is 0 Å². The van der Waals surface area contributed by atoms with Crippen molar-refractivity contribution in [3.8, 4) is 0 Å². The summed E-state index contributed by atoms with van der Waals surface area (Å²) < 4.78 is 5.77. The van der Waals surface area contributed by atoms with Gasteiger partial charge in [0, 0.05) is 45.1 Å². The summed E-state index contributed by atoms with van der Waals surface area (Å²) in [6.07, 6.45) is 6.63. The first-order chi connectivity index (χ1) is 12.4. The zero-order valence-corrected chi connectivity index (χ0v) is 18.7. The molecule has 3 rings (SSSR count). The number of ether oxygens (including phenoxy) is 1. The number of carbonyl (C=O) groups excluding carboxylic acids is 2. The Labute approximate surface area is 181 Å². The standard InChI is InChI=1S/C19H34N4O3.2ClH/c1-3-4-5-6-9-23-14-19(26-18(23)25)7-10-22(11-8-19)17(24)16-12-15(20)13-21(16)2;;/h15-16H,3-14,20H2,1-2H3;2*1H/t15-,16-;;/m0../s1. The Balaban J connectivity index is 0.00000196. The van der Waals surface area contributed by atoms with Crippen LogP contribution in [0.1, 0.15) is 51.9 Å². The lowest BCUT2D eigenvalue weighted by Crippen LogP contribution is -2.52. The van der Waals surface area contributed by atoms with E-state index in [1.165, 1.54) is 12.8 Å². The first-order valence-electron chi connectivity index (χ1n) is 10.2. The lowest BCUT2D eigenvalue weighted by Gasteiger charge is -2.39. The number of likely N-dealkylation sites (N-methyl/N-ethyl adjacent to an activating group) is 1. The van der Waals surface area contributed by atoms with Crippen LogP contribution in [0.15, 0.2) is 0 Å². The molecule has 3 fully saturated rings. The van der Waals surface area contributed by atoms with Crippen LogP contribution < -0.4 is 5.73 Å². The van der Waals surface area contributed by atoms with E-state index in [-0.39, 0.29) is 48.9 Å². The van der Waals surface area contributed by atoms with E-state index in [2.05, 4.69) is 11.8 Å². The van der Waals surface area contributed by atoms with Gasteiger partial charge in [0.2, 0.25) is 5.91 Å². The monoisotopic (exact) mass is 438 g/mol. The smallest absolute Gasteiger partial charge is 0.410 e. The van der Waals surface area contributed by atoms with Gasteiger partial charge >= 0.3 is 6.09 Å². The molecule has 0 saturated carbocycles. The van der Waals surface area contributed by atoms with Gasteiger partial charge in [0.1, 0.15) is 5.60 Å². The Hall–Kier alpha value is -0.760. The van der Waals surface area contributed by atoms with Crippen molar-refractivity contribution in [1.82, 2.24) is 14.7 Å². The van der Waals surface area contributed by atoms with Gasteiger partial charge in [-0.25, -0.2) is 4.79 Å². The van der Waals surface area contributed by atoms with Crippen molar-refractivity contribution in [1.29, 1.82) is 0 Å². The van der Waals surface area contributed by atoms with E-state index in [0.29, 0.717) is 19.6 Å². The largest absolute Gasteiger partial charge is 0.441 e. The fraction of sp³-hybridized carbons (Fsp3) is 0.895. The van der Waals surface area contributed by atoms with Gasteiger partial charge < -0.3 is 20.3 Å². The Morgan fingerprint density at radius 3 is 2.46 bits per heavy atom. The number of carbonyl (C=O) groups is 2. The summed E-state index contributed by atoms with van der Waals surface area (Å²) in [5.41, 5.74) is 5.60. The van der Waals surface area contributed by atoms with Crippen LogP contribution in [0.4, 0.5) is 4.79 Å². The van der Waals surface area contributed by atoms with Crippen molar-refractivity contribution in [3.05, 3.63) is 0 Å². The number of amides is 2. The first-order valence-corrected chi connectivity index (χ1v) is 10.2. The molecule has 28 heavy (non-hydrogen) atoms. The zero-order valence-electron chi connectivity index (χ0n) is 17.1. The van der Waals surface area contributed by atoms with Gasteiger partial charge in [0.05, 0.1) is 12.6 Å². The number of likely N-dealkylation sites (tertiary alicyclic amines) is 2. The summed E-state index contributed by atoms with van der Waals surface area (Å²) in [5.74, 6) is 0.177. The molecular formula is C19H36Cl2N4O3. The van der Waals surface area contributed by atoms with Crippen molar-refractivity contribution in [2.75, 3.05) is 39.8 Å². The van der Waals surface area contributed by atoms with Gasteiger partial charge in [-0.3, -0.25) is 9.69 Å². The number of nitrogens with two attached hydrogens (primary N) is 1. The van der Waals surface area contributed by atoms with Crippen molar-refractivity contribution in [2.24, 2.45) is 5.73 Å². The second kappa shape index (κ2) is 10.9. The summed E-state index contributed by atoms with van der Waals surface area (Å²) in [4.78, 5) is 30.9. The molecule has 0 bridgehead atoms. The minimum Gasteiger partial charge on any atom is -0.441 e. The molecule has 0 aromatic carbocycles. The van der Waals surface area contributed by atoms with Gasteiger partial charge in [-0.2, -0.15) is 0 Å².